The molecule has 2 aromatic carbocycles. The molecule has 7 nitrogen and oxygen atoms in total. The average Bonchev–Trinajstić information content (AvgIpc) is 3.33. The molecule has 4 aromatic rings. The molecule has 1 aliphatic heterocycles. The normalized spacial score (nSPS) is 15.8. The van der Waals surface area contributed by atoms with Crippen molar-refractivity contribution in [2.24, 2.45) is 5.92 Å². The first-order valence-corrected chi connectivity index (χ1v) is 12.6. The number of ether oxygens (including phenoxy) is 1. The number of aromatic nitrogens is 2. The number of carbonyl (C=O) groups is 1. The molecule has 8 heteroatoms. The second-order valence-electron chi connectivity index (χ2n) is 8.93. The Kier molecular flexibility index (Phi) is 6.55. The largest absolute Gasteiger partial charge is 0.497 e. The van der Waals surface area contributed by atoms with Gasteiger partial charge in [-0.15, -0.1) is 11.3 Å². The van der Waals surface area contributed by atoms with E-state index in [1.54, 1.807) is 7.11 Å². The van der Waals surface area contributed by atoms with E-state index >= 15 is 0 Å². The number of H-pyrrole nitrogens is 1. The molecular weight excluding hydrogens is 460 g/mol. The number of hydrogen-bond acceptors (Lipinski definition) is 6. The number of hydrogen-bond donors (Lipinski definition) is 2. The average molecular weight is 489 g/mol. The minimum Gasteiger partial charge on any atom is -0.497 e. The lowest BCUT2D eigenvalue weighted by molar-refractivity contribution is -0.125. The third kappa shape index (κ3) is 4.93. The van der Waals surface area contributed by atoms with Gasteiger partial charge in [0.05, 0.1) is 18.5 Å². The Morgan fingerprint density at radius 3 is 2.71 bits per heavy atom. The molecule has 0 unspecified atom stereocenters. The highest BCUT2D eigenvalue weighted by atomic mass is 32.1. The van der Waals surface area contributed by atoms with E-state index in [0.29, 0.717) is 29.3 Å². The lowest BCUT2D eigenvalue weighted by atomic mass is 9.97. The number of nitrogens with zero attached hydrogens (tertiary/aromatic N) is 2. The van der Waals surface area contributed by atoms with Crippen LogP contribution in [0, 0.1) is 12.8 Å². The third-order valence-electron chi connectivity index (χ3n) is 6.49. The second-order valence-corrected chi connectivity index (χ2v) is 9.81. The number of anilines is 1. The first-order valence-electron chi connectivity index (χ1n) is 11.8. The highest BCUT2D eigenvalue weighted by Crippen LogP contribution is 2.32. The smallest absolute Gasteiger partial charge is 0.270 e. The monoisotopic (exact) mass is 488 g/mol. The van der Waals surface area contributed by atoms with Gasteiger partial charge in [0.2, 0.25) is 11.9 Å². The van der Waals surface area contributed by atoms with Gasteiger partial charge in [-0.05, 0) is 43.0 Å². The van der Waals surface area contributed by atoms with Crippen LogP contribution in [0.5, 0.6) is 5.75 Å². The van der Waals surface area contributed by atoms with Crippen molar-refractivity contribution in [2.75, 3.05) is 25.1 Å². The maximum absolute atomic E-state index is 12.9. The quantitative estimate of drug-likeness (QED) is 0.417. The van der Waals surface area contributed by atoms with E-state index in [9.17, 15) is 9.59 Å². The SMILES string of the molecule is COc1ccc(CNC(=O)[C@H]2CCCN(c3nc4c(-c5ccc(C)cc5)csc4c(=O)[nH]3)C2)cc1. The van der Waals surface area contributed by atoms with Crippen LogP contribution in [-0.4, -0.2) is 36.1 Å². The molecule has 3 heterocycles. The summed E-state index contributed by atoms with van der Waals surface area (Å²) in [5.41, 5.74) is 4.78. The number of carbonyl (C=O) groups excluding carboxylic acids is 1. The standard InChI is InChI=1S/C27H28N4O3S/c1-17-5-9-19(10-6-17)22-16-35-24-23(22)29-27(30-26(24)33)31-13-3-4-20(15-31)25(32)28-14-18-7-11-21(34-2)12-8-18/h5-12,16,20H,3-4,13-15H2,1-2H3,(H,28,32)(H,29,30,33)/t20-/m0/s1. The molecule has 2 aromatic heterocycles. The summed E-state index contributed by atoms with van der Waals surface area (Å²) in [4.78, 5) is 35.6. The number of benzene rings is 2. The van der Waals surface area contributed by atoms with Crippen LogP contribution in [0.1, 0.15) is 24.0 Å². The van der Waals surface area contributed by atoms with Gasteiger partial charge in [-0.25, -0.2) is 4.98 Å². The van der Waals surface area contributed by atoms with E-state index in [1.165, 1.54) is 16.9 Å². The van der Waals surface area contributed by atoms with Gasteiger partial charge in [-0.2, -0.15) is 0 Å². The van der Waals surface area contributed by atoms with Crippen LogP contribution in [0.4, 0.5) is 5.95 Å². The van der Waals surface area contributed by atoms with Crippen molar-refractivity contribution >= 4 is 33.4 Å². The molecule has 35 heavy (non-hydrogen) atoms. The molecule has 1 fully saturated rings. The van der Waals surface area contributed by atoms with Crippen LogP contribution < -0.4 is 20.5 Å². The zero-order valence-electron chi connectivity index (χ0n) is 19.8. The van der Waals surface area contributed by atoms with Crippen molar-refractivity contribution in [3.8, 4) is 16.9 Å². The topological polar surface area (TPSA) is 87.3 Å². The fraction of sp³-hybridized carbons (Fsp3) is 0.296. The van der Waals surface area contributed by atoms with Crippen molar-refractivity contribution in [1.29, 1.82) is 0 Å². The number of aromatic amines is 1. The highest BCUT2D eigenvalue weighted by molar-refractivity contribution is 7.17. The maximum atomic E-state index is 12.9. The van der Waals surface area contributed by atoms with E-state index in [4.69, 9.17) is 9.72 Å². The lowest BCUT2D eigenvalue weighted by Crippen LogP contribution is -2.44. The van der Waals surface area contributed by atoms with Gasteiger partial charge in [0, 0.05) is 30.6 Å². The summed E-state index contributed by atoms with van der Waals surface area (Å²) in [6.07, 6.45) is 1.67. The second kappa shape index (κ2) is 9.92. The lowest BCUT2D eigenvalue weighted by Gasteiger charge is -2.32. The van der Waals surface area contributed by atoms with Gasteiger partial charge in [-0.1, -0.05) is 42.0 Å². The molecule has 0 saturated carbocycles. The molecule has 180 valence electrons. The number of thiophene rings is 1. The molecule has 5 rings (SSSR count). The van der Waals surface area contributed by atoms with Gasteiger partial charge in [0.15, 0.2) is 0 Å². The van der Waals surface area contributed by atoms with Gasteiger partial charge in [0.1, 0.15) is 10.4 Å². The number of nitrogens with one attached hydrogen (secondary N) is 2. The van der Waals surface area contributed by atoms with Crippen LogP contribution in [0.15, 0.2) is 58.7 Å². The number of amides is 1. The Morgan fingerprint density at radius 1 is 1.20 bits per heavy atom. The number of methoxy groups -OCH3 is 1. The Hall–Kier alpha value is -3.65. The van der Waals surface area contributed by atoms with Crippen molar-refractivity contribution < 1.29 is 9.53 Å². The van der Waals surface area contributed by atoms with Crippen LogP contribution >= 0.6 is 11.3 Å². The molecule has 1 saturated heterocycles. The molecular formula is C27H28N4O3S. The predicted octanol–water partition coefficient (Wildman–Crippen LogP) is 4.50. The van der Waals surface area contributed by atoms with Crippen LogP contribution in [0.3, 0.4) is 0 Å². The van der Waals surface area contributed by atoms with E-state index in [-0.39, 0.29) is 17.4 Å². The minimum atomic E-state index is -0.165. The maximum Gasteiger partial charge on any atom is 0.270 e. The van der Waals surface area contributed by atoms with Crippen LogP contribution in [-0.2, 0) is 11.3 Å². The van der Waals surface area contributed by atoms with Crippen molar-refractivity contribution in [3.05, 3.63) is 75.4 Å². The molecule has 0 radical (unpaired) electrons. The number of piperidine rings is 1. The van der Waals surface area contributed by atoms with Crippen molar-refractivity contribution in [2.45, 2.75) is 26.3 Å². The molecule has 0 aliphatic carbocycles. The fourth-order valence-electron chi connectivity index (χ4n) is 4.46. The minimum absolute atomic E-state index is 0.0184. The summed E-state index contributed by atoms with van der Waals surface area (Å²) < 4.78 is 5.81. The van der Waals surface area contributed by atoms with Crippen LogP contribution in [0.25, 0.3) is 21.3 Å². The Balaban J connectivity index is 1.33. The summed E-state index contributed by atoms with van der Waals surface area (Å²) in [7, 11) is 1.63. The van der Waals surface area contributed by atoms with Crippen molar-refractivity contribution in [1.82, 2.24) is 15.3 Å². The van der Waals surface area contributed by atoms with E-state index in [0.717, 1.165) is 41.8 Å². The third-order valence-corrected chi connectivity index (χ3v) is 7.46. The number of rotatable bonds is 6. The zero-order chi connectivity index (χ0) is 24.4. The Bertz CT molecular complexity index is 1390. The first-order chi connectivity index (χ1) is 17.0. The fourth-order valence-corrected chi connectivity index (χ4v) is 5.37. The molecule has 1 atom stereocenters. The van der Waals surface area contributed by atoms with Crippen LogP contribution in [0.2, 0.25) is 0 Å². The molecule has 1 aliphatic rings. The molecule has 1 amide bonds. The molecule has 2 N–H and O–H groups in total. The first kappa shape index (κ1) is 23.1. The van der Waals surface area contributed by atoms with Crippen molar-refractivity contribution in [3.63, 3.8) is 0 Å². The van der Waals surface area contributed by atoms with Gasteiger partial charge in [0.25, 0.3) is 5.56 Å². The van der Waals surface area contributed by atoms with Gasteiger partial charge >= 0.3 is 0 Å². The Labute approximate surface area is 207 Å². The van der Waals surface area contributed by atoms with E-state index in [1.807, 2.05) is 34.5 Å². The summed E-state index contributed by atoms with van der Waals surface area (Å²) in [5, 5.41) is 5.05. The summed E-state index contributed by atoms with van der Waals surface area (Å²) >= 11 is 1.41. The highest BCUT2D eigenvalue weighted by Gasteiger charge is 2.27. The van der Waals surface area contributed by atoms with Gasteiger partial charge in [-0.3, -0.25) is 14.6 Å². The van der Waals surface area contributed by atoms with E-state index in [2.05, 4.69) is 41.5 Å². The zero-order valence-corrected chi connectivity index (χ0v) is 20.7. The molecule has 0 spiro atoms. The summed E-state index contributed by atoms with van der Waals surface area (Å²) in [5.74, 6) is 1.17. The van der Waals surface area contributed by atoms with Gasteiger partial charge < -0.3 is 15.0 Å². The molecule has 0 bridgehead atoms. The van der Waals surface area contributed by atoms with E-state index < -0.39 is 0 Å². The summed E-state index contributed by atoms with van der Waals surface area (Å²) in [6, 6.07) is 15.9. The predicted molar refractivity (Wildman–Crippen MR) is 140 cm³/mol. The summed E-state index contributed by atoms with van der Waals surface area (Å²) in [6.45, 7) is 3.79. The number of fused-ring (bicyclic) bond motifs is 1. The number of aryl methyl sites for hydroxylation is 1. The Morgan fingerprint density at radius 2 is 1.97 bits per heavy atom.